The van der Waals surface area contributed by atoms with Crippen molar-refractivity contribution < 1.29 is 5.11 Å². The average Bonchev–Trinajstić information content (AvgIpc) is 2.60. The van der Waals surface area contributed by atoms with Crippen molar-refractivity contribution in [3.8, 4) is 0 Å². The number of nitrogens with zero attached hydrogens (tertiary/aromatic N) is 2. The summed E-state index contributed by atoms with van der Waals surface area (Å²) >= 11 is 0. The molecule has 3 N–H and O–H groups in total. The first-order valence-corrected chi connectivity index (χ1v) is 7.52. The average molecular weight is 257 g/mol. The molecule has 1 heterocycles. The van der Waals surface area contributed by atoms with E-state index in [2.05, 4.69) is 16.7 Å². The van der Waals surface area contributed by atoms with Gasteiger partial charge in [-0.25, -0.2) is 0 Å². The monoisotopic (exact) mass is 257 g/mol. The van der Waals surface area contributed by atoms with Crippen molar-refractivity contribution in [3.05, 3.63) is 0 Å². The van der Waals surface area contributed by atoms with E-state index in [0.29, 0.717) is 12.5 Å². The Morgan fingerprint density at radius 2 is 1.78 bits per heavy atom. The third kappa shape index (κ3) is 6.69. The molecule has 0 radical (unpaired) electrons. The first kappa shape index (κ1) is 15.9. The highest BCUT2D eigenvalue weighted by Gasteiger charge is 2.15. The largest absolute Gasteiger partial charge is 0.396 e. The lowest BCUT2D eigenvalue weighted by Crippen LogP contribution is -2.35. The van der Waals surface area contributed by atoms with E-state index < -0.39 is 0 Å². The van der Waals surface area contributed by atoms with E-state index >= 15 is 0 Å². The van der Waals surface area contributed by atoms with Crippen molar-refractivity contribution in [1.29, 1.82) is 0 Å². The lowest BCUT2D eigenvalue weighted by molar-refractivity contribution is 0.230. The molecule has 4 nitrogen and oxygen atoms in total. The lowest BCUT2D eigenvalue weighted by atomic mass is 10.1. The molecule has 4 heteroatoms. The number of nitrogens with two attached hydrogens (primary N) is 1. The second-order valence-electron chi connectivity index (χ2n) is 5.62. The summed E-state index contributed by atoms with van der Waals surface area (Å²) in [6.45, 7) is 10.5. The summed E-state index contributed by atoms with van der Waals surface area (Å²) in [5.74, 6) is 0.612. The van der Waals surface area contributed by atoms with Gasteiger partial charge in [-0.05, 0) is 57.8 Å². The van der Waals surface area contributed by atoms with Gasteiger partial charge >= 0.3 is 0 Å². The van der Waals surface area contributed by atoms with Gasteiger partial charge in [0.15, 0.2) is 0 Å². The maximum Gasteiger partial charge on any atom is 0.0431 e. The Bertz CT molecular complexity index is 201. The van der Waals surface area contributed by atoms with Gasteiger partial charge in [-0.15, -0.1) is 0 Å². The van der Waals surface area contributed by atoms with Gasteiger partial charge < -0.3 is 20.6 Å². The summed E-state index contributed by atoms with van der Waals surface area (Å²) in [5.41, 5.74) is 5.69. The van der Waals surface area contributed by atoms with Crippen LogP contribution < -0.4 is 5.73 Å². The molecule has 1 atom stereocenters. The van der Waals surface area contributed by atoms with Crippen LogP contribution in [0, 0.1) is 5.92 Å². The van der Waals surface area contributed by atoms with E-state index in [1.54, 1.807) is 0 Å². The topological polar surface area (TPSA) is 52.7 Å². The molecule has 1 aliphatic heterocycles. The number of unbranched alkanes of at least 4 members (excludes halogenated alkanes) is 2. The molecule has 1 saturated heterocycles. The molecular formula is C14H31N3O. The van der Waals surface area contributed by atoms with Gasteiger partial charge in [0.2, 0.25) is 0 Å². The molecule has 1 fully saturated rings. The van der Waals surface area contributed by atoms with Crippen LogP contribution in [-0.2, 0) is 0 Å². The van der Waals surface area contributed by atoms with Crippen LogP contribution in [-0.4, -0.2) is 67.3 Å². The van der Waals surface area contributed by atoms with Crippen molar-refractivity contribution >= 4 is 0 Å². The molecule has 108 valence electrons. The summed E-state index contributed by atoms with van der Waals surface area (Å²) in [6.07, 6.45) is 4.60. The van der Waals surface area contributed by atoms with E-state index in [-0.39, 0.29) is 0 Å². The van der Waals surface area contributed by atoms with Gasteiger partial charge in [0.05, 0.1) is 0 Å². The van der Waals surface area contributed by atoms with Gasteiger partial charge in [-0.3, -0.25) is 0 Å². The summed E-state index contributed by atoms with van der Waals surface area (Å²) in [5, 5.41) is 8.76. The zero-order chi connectivity index (χ0) is 13.2. The maximum atomic E-state index is 8.76. The van der Waals surface area contributed by atoms with Crippen LogP contribution in [0.3, 0.4) is 0 Å². The highest BCUT2D eigenvalue weighted by molar-refractivity contribution is 4.71. The van der Waals surface area contributed by atoms with Crippen molar-refractivity contribution in [2.75, 3.05) is 52.4 Å². The van der Waals surface area contributed by atoms with E-state index in [9.17, 15) is 0 Å². The highest BCUT2D eigenvalue weighted by Crippen LogP contribution is 2.07. The minimum atomic E-state index is 0.338. The van der Waals surface area contributed by atoms with E-state index in [0.717, 1.165) is 25.9 Å². The third-order valence-electron chi connectivity index (χ3n) is 3.79. The predicted molar refractivity (Wildman–Crippen MR) is 76.7 cm³/mol. The van der Waals surface area contributed by atoms with Gasteiger partial charge in [-0.1, -0.05) is 6.92 Å². The molecule has 0 aromatic rings. The SMILES string of the molecule is CC(CN)CN1CCCN(CCCCCO)CC1. The predicted octanol–water partition coefficient (Wildman–Crippen LogP) is 0.752. The smallest absolute Gasteiger partial charge is 0.0431 e. The maximum absolute atomic E-state index is 8.76. The summed E-state index contributed by atoms with van der Waals surface area (Å²) in [4.78, 5) is 5.13. The molecule has 0 bridgehead atoms. The molecule has 1 unspecified atom stereocenters. The van der Waals surface area contributed by atoms with Gasteiger partial charge in [0.25, 0.3) is 0 Å². The standard InChI is InChI=1S/C14H31N3O/c1-14(12-15)13-17-8-5-7-16(9-10-17)6-3-2-4-11-18/h14,18H,2-13,15H2,1H3. The van der Waals surface area contributed by atoms with Crippen molar-refractivity contribution in [1.82, 2.24) is 9.80 Å². The number of rotatable bonds is 8. The first-order chi connectivity index (χ1) is 8.76. The molecule has 1 rings (SSSR count). The normalized spacial score (nSPS) is 20.8. The van der Waals surface area contributed by atoms with Crippen LogP contribution in [0.4, 0.5) is 0 Å². The van der Waals surface area contributed by atoms with Gasteiger partial charge in [-0.2, -0.15) is 0 Å². The Morgan fingerprint density at radius 1 is 1.06 bits per heavy atom. The molecule has 18 heavy (non-hydrogen) atoms. The minimum Gasteiger partial charge on any atom is -0.396 e. The zero-order valence-electron chi connectivity index (χ0n) is 12.0. The molecule has 0 aromatic heterocycles. The van der Waals surface area contributed by atoms with Gasteiger partial charge in [0, 0.05) is 26.2 Å². The Kier molecular flexibility index (Phi) is 8.59. The van der Waals surface area contributed by atoms with Crippen LogP contribution in [0.25, 0.3) is 0 Å². The van der Waals surface area contributed by atoms with Crippen molar-refractivity contribution in [2.45, 2.75) is 32.6 Å². The summed E-state index contributed by atoms with van der Waals surface area (Å²) in [7, 11) is 0. The number of hydrogen-bond acceptors (Lipinski definition) is 4. The van der Waals surface area contributed by atoms with E-state index in [1.807, 2.05) is 0 Å². The number of aliphatic hydroxyl groups is 1. The van der Waals surface area contributed by atoms with Crippen LogP contribution in [0.15, 0.2) is 0 Å². The van der Waals surface area contributed by atoms with Crippen molar-refractivity contribution in [3.63, 3.8) is 0 Å². The third-order valence-corrected chi connectivity index (χ3v) is 3.79. The van der Waals surface area contributed by atoms with Gasteiger partial charge in [0.1, 0.15) is 0 Å². The number of aliphatic hydroxyl groups excluding tert-OH is 1. The lowest BCUT2D eigenvalue weighted by Gasteiger charge is -2.24. The first-order valence-electron chi connectivity index (χ1n) is 7.52. The quantitative estimate of drug-likeness (QED) is 0.630. The van der Waals surface area contributed by atoms with Crippen LogP contribution >= 0.6 is 0 Å². The van der Waals surface area contributed by atoms with Crippen LogP contribution in [0.2, 0.25) is 0 Å². The zero-order valence-corrected chi connectivity index (χ0v) is 12.0. The molecule has 1 aliphatic rings. The Balaban J connectivity index is 2.15. The fourth-order valence-corrected chi connectivity index (χ4v) is 2.57. The van der Waals surface area contributed by atoms with Crippen LogP contribution in [0.5, 0.6) is 0 Å². The Hall–Kier alpha value is -0.160. The summed E-state index contributed by atoms with van der Waals surface area (Å²) in [6, 6.07) is 0. The molecular weight excluding hydrogens is 226 g/mol. The molecule has 0 aliphatic carbocycles. The van der Waals surface area contributed by atoms with E-state index in [1.165, 1.54) is 45.6 Å². The van der Waals surface area contributed by atoms with E-state index in [4.69, 9.17) is 10.8 Å². The minimum absolute atomic E-state index is 0.338. The summed E-state index contributed by atoms with van der Waals surface area (Å²) < 4.78 is 0. The molecule has 0 spiro atoms. The fraction of sp³-hybridized carbons (Fsp3) is 1.00. The van der Waals surface area contributed by atoms with Crippen molar-refractivity contribution in [2.24, 2.45) is 11.7 Å². The molecule has 0 amide bonds. The second kappa shape index (κ2) is 9.73. The molecule has 0 saturated carbocycles. The Labute approximate surface area is 112 Å². The number of hydrogen-bond donors (Lipinski definition) is 2. The second-order valence-corrected chi connectivity index (χ2v) is 5.62. The highest BCUT2D eigenvalue weighted by atomic mass is 16.2. The molecule has 0 aromatic carbocycles. The fourth-order valence-electron chi connectivity index (χ4n) is 2.57. The van der Waals surface area contributed by atoms with Crippen LogP contribution in [0.1, 0.15) is 32.6 Å². The Morgan fingerprint density at radius 3 is 2.50 bits per heavy atom.